The van der Waals surface area contributed by atoms with Crippen molar-refractivity contribution in [2.24, 2.45) is 0 Å². The van der Waals surface area contributed by atoms with E-state index in [4.69, 9.17) is 9.84 Å². The first-order valence-corrected chi connectivity index (χ1v) is 6.87. The van der Waals surface area contributed by atoms with Crippen molar-refractivity contribution >= 4 is 0 Å². The molecule has 5 nitrogen and oxygen atoms in total. The van der Waals surface area contributed by atoms with Crippen LogP contribution in [0.25, 0.3) is 5.69 Å². The minimum Gasteiger partial charge on any atom is -0.394 e. The lowest BCUT2D eigenvalue weighted by atomic mass is 10.1. The molecule has 1 fully saturated rings. The lowest BCUT2D eigenvalue weighted by molar-refractivity contribution is -0.0551. The first kappa shape index (κ1) is 13.3. The maximum Gasteiger partial charge on any atom is 0.0991 e. The van der Waals surface area contributed by atoms with E-state index in [9.17, 15) is 0 Å². The second-order valence-corrected chi connectivity index (χ2v) is 5.05. The number of benzene rings is 1. The Balaban J connectivity index is 1.63. The molecule has 2 heterocycles. The topological polar surface area (TPSA) is 50.5 Å². The highest BCUT2D eigenvalue weighted by Gasteiger charge is 2.19. The maximum absolute atomic E-state index is 9.16. The van der Waals surface area contributed by atoms with Crippen LogP contribution < -0.4 is 0 Å². The Hall–Kier alpha value is -1.69. The third-order valence-electron chi connectivity index (χ3n) is 3.57. The van der Waals surface area contributed by atoms with E-state index in [1.54, 1.807) is 12.5 Å². The fourth-order valence-electron chi connectivity index (χ4n) is 2.48. The first-order valence-electron chi connectivity index (χ1n) is 6.87. The van der Waals surface area contributed by atoms with Crippen molar-refractivity contribution in [2.45, 2.75) is 12.6 Å². The van der Waals surface area contributed by atoms with Gasteiger partial charge in [0, 0.05) is 37.7 Å². The van der Waals surface area contributed by atoms with Gasteiger partial charge in [0.05, 0.1) is 25.6 Å². The van der Waals surface area contributed by atoms with Gasteiger partial charge in [-0.15, -0.1) is 0 Å². The molecule has 0 aliphatic carbocycles. The molecular formula is C15H19N3O2. The molecule has 2 aromatic rings. The van der Waals surface area contributed by atoms with E-state index >= 15 is 0 Å². The highest BCUT2D eigenvalue weighted by Crippen LogP contribution is 2.13. The molecular weight excluding hydrogens is 254 g/mol. The van der Waals surface area contributed by atoms with Crippen molar-refractivity contribution < 1.29 is 9.84 Å². The van der Waals surface area contributed by atoms with Gasteiger partial charge in [-0.1, -0.05) is 12.1 Å². The number of morpholine rings is 1. The molecule has 1 aliphatic rings. The zero-order valence-corrected chi connectivity index (χ0v) is 11.4. The van der Waals surface area contributed by atoms with Crippen LogP contribution in [0, 0.1) is 0 Å². The summed E-state index contributed by atoms with van der Waals surface area (Å²) < 4.78 is 7.45. The summed E-state index contributed by atoms with van der Waals surface area (Å²) in [5.74, 6) is 0. The molecule has 3 rings (SSSR count). The molecule has 0 spiro atoms. The number of aliphatic hydroxyl groups is 1. The van der Waals surface area contributed by atoms with Crippen molar-refractivity contribution in [3.63, 3.8) is 0 Å². The standard InChI is InChI=1S/C15H19N3O2/c19-11-15-10-17(7-8-20-15)9-13-1-3-14(4-2-13)18-6-5-16-12-18/h1-6,12,15,19H,7-11H2. The normalized spacial score (nSPS) is 20.1. The van der Waals surface area contributed by atoms with Crippen LogP contribution >= 0.6 is 0 Å². The summed E-state index contributed by atoms with van der Waals surface area (Å²) in [4.78, 5) is 6.37. The van der Waals surface area contributed by atoms with Gasteiger partial charge >= 0.3 is 0 Å². The number of nitrogens with zero attached hydrogens (tertiary/aromatic N) is 3. The van der Waals surface area contributed by atoms with Crippen LogP contribution in [-0.4, -0.2) is 52.0 Å². The summed E-state index contributed by atoms with van der Waals surface area (Å²) in [5.41, 5.74) is 2.38. The number of rotatable bonds is 4. The number of aromatic nitrogens is 2. The number of imidazole rings is 1. The van der Waals surface area contributed by atoms with Crippen LogP contribution in [0.2, 0.25) is 0 Å². The van der Waals surface area contributed by atoms with Crippen molar-refractivity contribution in [1.29, 1.82) is 0 Å². The predicted molar refractivity (Wildman–Crippen MR) is 75.7 cm³/mol. The molecule has 1 aromatic carbocycles. The molecule has 1 saturated heterocycles. The second kappa shape index (κ2) is 6.17. The Morgan fingerprint density at radius 1 is 1.30 bits per heavy atom. The minimum atomic E-state index is -0.0472. The van der Waals surface area contributed by atoms with E-state index in [0.29, 0.717) is 6.61 Å². The quantitative estimate of drug-likeness (QED) is 0.905. The average Bonchev–Trinajstić information content (AvgIpc) is 3.02. The number of hydrogen-bond acceptors (Lipinski definition) is 4. The van der Waals surface area contributed by atoms with Crippen LogP contribution in [0.1, 0.15) is 5.56 Å². The molecule has 1 unspecified atom stereocenters. The Bertz CT molecular complexity index is 525. The van der Waals surface area contributed by atoms with E-state index in [-0.39, 0.29) is 12.7 Å². The Morgan fingerprint density at radius 3 is 2.85 bits per heavy atom. The smallest absolute Gasteiger partial charge is 0.0991 e. The lowest BCUT2D eigenvalue weighted by Crippen LogP contribution is -2.43. The number of ether oxygens (including phenoxy) is 1. The zero-order chi connectivity index (χ0) is 13.8. The molecule has 20 heavy (non-hydrogen) atoms. The van der Waals surface area contributed by atoms with Gasteiger partial charge in [-0.05, 0) is 17.7 Å². The molecule has 0 bridgehead atoms. The van der Waals surface area contributed by atoms with Gasteiger partial charge in [-0.25, -0.2) is 4.98 Å². The third-order valence-corrected chi connectivity index (χ3v) is 3.57. The fraction of sp³-hybridized carbons (Fsp3) is 0.400. The van der Waals surface area contributed by atoms with Crippen molar-refractivity contribution in [3.05, 3.63) is 48.5 Å². The van der Waals surface area contributed by atoms with E-state index in [1.165, 1.54) is 5.56 Å². The van der Waals surface area contributed by atoms with Crippen molar-refractivity contribution in [3.8, 4) is 5.69 Å². The largest absolute Gasteiger partial charge is 0.394 e. The monoisotopic (exact) mass is 273 g/mol. The highest BCUT2D eigenvalue weighted by molar-refractivity contribution is 5.34. The van der Waals surface area contributed by atoms with Gasteiger partial charge in [0.15, 0.2) is 0 Å². The Kier molecular flexibility index (Phi) is 4.11. The number of aliphatic hydroxyl groups excluding tert-OH is 1. The van der Waals surface area contributed by atoms with Gasteiger partial charge in [-0.3, -0.25) is 4.90 Å². The Morgan fingerprint density at radius 2 is 2.15 bits per heavy atom. The third kappa shape index (κ3) is 3.07. The molecule has 5 heteroatoms. The van der Waals surface area contributed by atoms with Gasteiger partial charge in [0.1, 0.15) is 0 Å². The van der Waals surface area contributed by atoms with Crippen LogP contribution in [0.4, 0.5) is 0 Å². The van der Waals surface area contributed by atoms with E-state index in [1.807, 2.05) is 10.8 Å². The molecule has 106 valence electrons. The van der Waals surface area contributed by atoms with Crippen LogP contribution in [0.15, 0.2) is 43.0 Å². The van der Waals surface area contributed by atoms with E-state index in [0.717, 1.165) is 25.3 Å². The zero-order valence-electron chi connectivity index (χ0n) is 11.4. The van der Waals surface area contributed by atoms with Gasteiger partial charge in [-0.2, -0.15) is 0 Å². The molecule has 0 amide bonds. The molecule has 1 N–H and O–H groups in total. The SMILES string of the molecule is OCC1CN(Cc2ccc(-n3ccnc3)cc2)CCO1. The van der Waals surface area contributed by atoms with Gasteiger partial charge in [0.2, 0.25) is 0 Å². The maximum atomic E-state index is 9.16. The minimum absolute atomic E-state index is 0.0472. The van der Waals surface area contributed by atoms with Crippen LogP contribution in [-0.2, 0) is 11.3 Å². The molecule has 1 aliphatic heterocycles. The van der Waals surface area contributed by atoms with Gasteiger partial charge < -0.3 is 14.4 Å². The van der Waals surface area contributed by atoms with Crippen molar-refractivity contribution in [1.82, 2.24) is 14.5 Å². The summed E-state index contributed by atoms with van der Waals surface area (Å²) in [6.07, 6.45) is 5.46. The summed E-state index contributed by atoms with van der Waals surface area (Å²) in [6.45, 7) is 3.39. The second-order valence-electron chi connectivity index (χ2n) is 5.05. The molecule has 0 radical (unpaired) electrons. The summed E-state index contributed by atoms with van der Waals surface area (Å²) in [7, 11) is 0. The molecule has 1 aromatic heterocycles. The number of hydrogen-bond donors (Lipinski definition) is 1. The highest BCUT2D eigenvalue weighted by atomic mass is 16.5. The van der Waals surface area contributed by atoms with E-state index < -0.39 is 0 Å². The Labute approximate surface area is 118 Å². The molecule has 0 saturated carbocycles. The fourth-order valence-corrected chi connectivity index (χ4v) is 2.48. The summed E-state index contributed by atoms with van der Waals surface area (Å²) in [6, 6.07) is 8.47. The van der Waals surface area contributed by atoms with Crippen LogP contribution in [0.5, 0.6) is 0 Å². The van der Waals surface area contributed by atoms with Crippen LogP contribution in [0.3, 0.4) is 0 Å². The van der Waals surface area contributed by atoms with Gasteiger partial charge in [0.25, 0.3) is 0 Å². The van der Waals surface area contributed by atoms with E-state index in [2.05, 4.69) is 34.1 Å². The van der Waals surface area contributed by atoms with Crippen molar-refractivity contribution in [2.75, 3.05) is 26.3 Å². The molecule has 1 atom stereocenters. The lowest BCUT2D eigenvalue weighted by Gasteiger charge is -2.32. The summed E-state index contributed by atoms with van der Waals surface area (Å²) in [5, 5.41) is 9.16. The summed E-state index contributed by atoms with van der Waals surface area (Å²) >= 11 is 0. The first-order chi connectivity index (χ1) is 9.85. The predicted octanol–water partition coefficient (Wildman–Crippen LogP) is 1.07. The average molecular weight is 273 g/mol.